The number of rotatable bonds is 0. The predicted octanol–water partition coefficient (Wildman–Crippen LogP) is -2.60. The van der Waals surface area contributed by atoms with E-state index in [0.717, 1.165) is 0 Å². The zero-order valence-corrected chi connectivity index (χ0v) is 11.2. The Hall–Kier alpha value is -0.830. The minimum atomic E-state index is -4.94. The number of nitrogens with zero attached hydrogens (tertiary/aromatic N) is 2. The van der Waals surface area contributed by atoms with E-state index in [1.54, 1.807) is 24.8 Å². The second kappa shape index (κ2) is 12.6. The Labute approximate surface area is 122 Å². The van der Waals surface area contributed by atoms with Gasteiger partial charge in [-0.15, -0.1) is 10.2 Å². The van der Waals surface area contributed by atoms with Crippen LogP contribution in [0.15, 0.2) is 61.2 Å². The minimum absolute atomic E-state index is 0. The quantitative estimate of drug-likeness (QED) is 0.473. The van der Waals surface area contributed by atoms with Gasteiger partial charge in [-0.05, 0) is 24.3 Å². The number of hydrogen-bond acceptors (Lipinski definition) is 6. The summed E-state index contributed by atoms with van der Waals surface area (Å²) < 4.78 is 34.0. The van der Waals surface area contributed by atoms with Gasteiger partial charge < -0.3 is 0 Å². The third-order valence-electron chi connectivity index (χ3n) is 1.13. The van der Waals surface area contributed by atoms with Gasteiger partial charge in [-0.2, -0.15) is 0 Å². The number of halogens is 1. The molecule has 18 heavy (non-hydrogen) atoms. The van der Waals surface area contributed by atoms with E-state index in [1.807, 2.05) is 36.4 Å². The molecule has 0 aliphatic rings. The van der Waals surface area contributed by atoms with Crippen molar-refractivity contribution in [3.63, 3.8) is 0 Å². The third kappa shape index (κ3) is 24.4. The molecule has 0 spiro atoms. The van der Waals surface area contributed by atoms with Gasteiger partial charge in [-0.3, -0.25) is 9.97 Å². The number of aromatic nitrogens is 2. The predicted molar refractivity (Wildman–Crippen MR) is 48.5 cm³/mol. The second-order valence-electron chi connectivity index (χ2n) is 2.43. The molecule has 6 nitrogen and oxygen atoms in total. The summed E-state index contributed by atoms with van der Waals surface area (Å²) >= 11 is 0. The maximum Gasteiger partial charge on any atom is 1.00 e. The fourth-order valence-electron chi connectivity index (χ4n) is 0.625. The van der Waals surface area contributed by atoms with Gasteiger partial charge in [0, 0.05) is 24.8 Å². The molecule has 0 amide bonds. The van der Waals surface area contributed by atoms with Crippen LogP contribution in [0.3, 0.4) is 0 Å². The van der Waals surface area contributed by atoms with Crippen molar-refractivity contribution in [2.24, 2.45) is 0 Å². The molecule has 8 heteroatoms. The van der Waals surface area contributed by atoms with Crippen LogP contribution in [-0.4, -0.2) is 9.97 Å². The standard InChI is InChI=1S/2C5H5N.Ag.ClHO4/c2*1-2-4-6-5-3-1;;2-1(3,4)5/h2*1-5H;;(H,2,3,4,5)/q;;+1;/p-1. The number of hydrogen-bond donors (Lipinski definition) is 0. The van der Waals surface area contributed by atoms with Crippen molar-refractivity contribution < 1.29 is 51.3 Å². The first-order valence-corrected chi connectivity index (χ1v) is 5.55. The third-order valence-corrected chi connectivity index (χ3v) is 1.13. The molecule has 2 rings (SSSR count). The maximum atomic E-state index is 8.49. The SMILES string of the molecule is [Ag+].[O-][Cl+3]([O-])([O-])[O-].c1ccncc1.c1ccncc1. The normalized spacial score (nSPS) is 8.67. The van der Waals surface area contributed by atoms with E-state index in [1.165, 1.54) is 0 Å². The molecule has 0 N–H and O–H groups in total. The molecule has 0 bridgehead atoms. The van der Waals surface area contributed by atoms with Crippen molar-refractivity contribution in [3.05, 3.63) is 61.2 Å². The Bertz CT molecular complexity index is 270. The Morgan fingerprint density at radius 2 is 0.778 bits per heavy atom. The molecule has 0 unspecified atom stereocenters. The largest absolute Gasteiger partial charge is 1.00 e. The van der Waals surface area contributed by atoms with E-state index in [0.29, 0.717) is 0 Å². The summed E-state index contributed by atoms with van der Waals surface area (Å²) in [6, 6.07) is 11.4. The second-order valence-corrected chi connectivity index (χ2v) is 3.18. The molecule has 2 heterocycles. The average molecular weight is 366 g/mol. The molecule has 0 atom stereocenters. The molecular weight excluding hydrogens is 355 g/mol. The van der Waals surface area contributed by atoms with Crippen molar-refractivity contribution in [2.75, 3.05) is 0 Å². The average Bonchev–Trinajstić information content (AvgIpc) is 2.32. The molecule has 102 valence electrons. The summed E-state index contributed by atoms with van der Waals surface area (Å²) in [5.74, 6) is 0. The summed E-state index contributed by atoms with van der Waals surface area (Å²) in [6.07, 6.45) is 7.00. The fraction of sp³-hybridized carbons (Fsp3) is 0. The molecule has 0 saturated heterocycles. The molecule has 0 aliphatic heterocycles. The topological polar surface area (TPSA) is 118 Å². The summed E-state index contributed by atoms with van der Waals surface area (Å²) in [5, 5.41) is 0. The van der Waals surface area contributed by atoms with Crippen molar-refractivity contribution in [3.8, 4) is 0 Å². The molecule has 0 radical (unpaired) electrons. The van der Waals surface area contributed by atoms with Gasteiger partial charge in [0.05, 0.1) is 0 Å². The Morgan fingerprint density at radius 1 is 0.556 bits per heavy atom. The maximum absolute atomic E-state index is 8.49. The smallest absolute Gasteiger partial charge is 0.265 e. The van der Waals surface area contributed by atoms with E-state index < -0.39 is 10.2 Å². The van der Waals surface area contributed by atoms with E-state index in [9.17, 15) is 0 Å². The van der Waals surface area contributed by atoms with Crippen LogP contribution in [0.5, 0.6) is 0 Å². The van der Waals surface area contributed by atoms with Crippen LogP contribution in [-0.2, 0) is 22.4 Å². The van der Waals surface area contributed by atoms with Gasteiger partial charge in [0.2, 0.25) is 0 Å². The van der Waals surface area contributed by atoms with Crippen LogP contribution in [0.1, 0.15) is 0 Å². The summed E-state index contributed by atoms with van der Waals surface area (Å²) in [7, 11) is -4.94. The molecule has 0 saturated carbocycles. The summed E-state index contributed by atoms with van der Waals surface area (Å²) in [5.41, 5.74) is 0. The Balaban J connectivity index is 0. The van der Waals surface area contributed by atoms with E-state index in [2.05, 4.69) is 9.97 Å². The van der Waals surface area contributed by atoms with E-state index >= 15 is 0 Å². The first-order valence-electron chi connectivity index (χ1n) is 4.32. The molecule has 2 aromatic rings. The van der Waals surface area contributed by atoms with E-state index in [4.69, 9.17) is 18.6 Å². The van der Waals surface area contributed by atoms with Crippen molar-refractivity contribution >= 4 is 0 Å². The molecule has 0 fully saturated rings. The zero-order chi connectivity index (χ0) is 13.0. The van der Waals surface area contributed by atoms with Crippen LogP contribution in [0.25, 0.3) is 0 Å². The van der Waals surface area contributed by atoms with Gasteiger partial charge in [0.25, 0.3) is 0 Å². The van der Waals surface area contributed by atoms with Crippen molar-refractivity contribution in [2.45, 2.75) is 0 Å². The molecule has 0 aromatic carbocycles. The minimum Gasteiger partial charge on any atom is -0.265 e. The number of pyridine rings is 2. The molecular formula is C10H10AgClN2O4. The Morgan fingerprint density at radius 3 is 0.833 bits per heavy atom. The summed E-state index contributed by atoms with van der Waals surface area (Å²) in [6.45, 7) is 0. The van der Waals surface area contributed by atoms with Gasteiger partial charge in [0.15, 0.2) is 0 Å². The van der Waals surface area contributed by atoms with Gasteiger partial charge in [0.1, 0.15) is 0 Å². The Kier molecular flexibility index (Phi) is 13.7. The van der Waals surface area contributed by atoms with Gasteiger partial charge in [-0.1, -0.05) is 12.1 Å². The zero-order valence-electron chi connectivity index (χ0n) is 8.98. The van der Waals surface area contributed by atoms with Crippen LogP contribution in [0, 0.1) is 10.2 Å². The first-order chi connectivity index (χ1) is 8.00. The van der Waals surface area contributed by atoms with Gasteiger partial charge >= 0.3 is 22.4 Å². The monoisotopic (exact) mass is 364 g/mol. The summed E-state index contributed by atoms with van der Waals surface area (Å²) in [4.78, 5) is 7.57. The fourth-order valence-corrected chi connectivity index (χ4v) is 0.625. The van der Waals surface area contributed by atoms with Crippen LogP contribution in [0.4, 0.5) is 0 Å². The van der Waals surface area contributed by atoms with Crippen molar-refractivity contribution in [1.82, 2.24) is 9.97 Å². The van der Waals surface area contributed by atoms with Crippen LogP contribution in [0.2, 0.25) is 0 Å². The van der Waals surface area contributed by atoms with Gasteiger partial charge in [-0.25, -0.2) is 18.6 Å². The van der Waals surface area contributed by atoms with Crippen molar-refractivity contribution in [1.29, 1.82) is 0 Å². The molecule has 2 aromatic heterocycles. The van der Waals surface area contributed by atoms with E-state index in [-0.39, 0.29) is 22.4 Å². The molecule has 0 aliphatic carbocycles. The first kappa shape index (κ1) is 19.5. The van der Waals surface area contributed by atoms with Crippen LogP contribution < -0.4 is 18.6 Å². The van der Waals surface area contributed by atoms with Crippen LogP contribution >= 0.6 is 0 Å².